The highest BCUT2D eigenvalue weighted by Gasteiger charge is 2.17. The van der Waals surface area contributed by atoms with E-state index >= 15 is 0 Å². The fourth-order valence-electron chi connectivity index (χ4n) is 2.08. The number of carbonyl (C=O) groups is 1. The fraction of sp³-hybridized carbons (Fsp3) is 0.333. The number of carbonyl (C=O) groups excluding carboxylic acids is 1. The Morgan fingerprint density at radius 3 is 2.81 bits per heavy atom. The van der Waals surface area contributed by atoms with Crippen LogP contribution >= 0.6 is 15.9 Å². The summed E-state index contributed by atoms with van der Waals surface area (Å²) in [6, 6.07) is 4.78. The number of hydrogen-bond acceptors (Lipinski definition) is 2. The van der Waals surface area contributed by atoms with E-state index in [9.17, 15) is 9.18 Å². The normalized spacial score (nSPS) is 10.7. The number of aromatic nitrogens is 2. The zero-order valence-electron chi connectivity index (χ0n) is 12.0. The van der Waals surface area contributed by atoms with Crippen molar-refractivity contribution in [2.75, 3.05) is 6.54 Å². The average Bonchev–Trinajstić information content (AvgIpc) is 2.88. The zero-order chi connectivity index (χ0) is 15.4. The van der Waals surface area contributed by atoms with Crippen LogP contribution in [-0.2, 0) is 6.54 Å². The predicted octanol–water partition coefficient (Wildman–Crippen LogP) is 3.67. The lowest BCUT2D eigenvalue weighted by Crippen LogP contribution is -2.31. The van der Waals surface area contributed by atoms with E-state index in [2.05, 4.69) is 25.9 Å². The summed E-state index contributed by atoms with van der Waals surface area (Å²) >= 11 is 3.17. The minimum Gasteiger partial charge on any atom is -0.338 e. The number of nitrogens with one attached hydrogen (secondary N) is 1. The van der Waals surface area contributed by atoms with Gasteiger partial charge in [0.05, 0.1) is 10.7 Å². The Morgan fingerprint density at radius 1 is 1.48 bits per heavy atom. The highest BCUT2D eigenvalue weighted by molar-refractivity contribution is 9.10. The second kappa shape index (κ2) is 6.85. The highest BCUT2D eigenvalue weighted by atomic mass is 79.9. The Labute approximate surface area is 131 Å². The standard InChI is InChI=1S/C15H17BrFN3O/c1-3-6-20(15(21)14-8-18-10(2)19-14)9-11-4-5-13(17)12(16)7-11/h4-5,7-8H,3,6,9H2,1-2H3,(H,18,19). The van der Waals surface area contributed by atoms with Gasteiger partial charge in [-0.25, -0.2) is 9.37 Å². The zero-order valence-corrected chi connectivity index (χ0v) is 13.6. The van der Waals surface area contributed by atoms with Crippen LogP contribution in [0.1, 0.15) is 35.2 Å². The summed E-state index contributed by atoms with van der Waals surface area (Å²) in [4.78, 5) is 21.2. The van der Waals surface area contributed by atoms with Gasteiger partial charge < -0.3 is 9.88 Å². The van der Waals surface area contributed by atoms with Crippen LogP contribution in [0.3, 0.4) is 0 Å². The minimum atomic E-state index is -0.309. The van der Waals surface area contributed by atoms with Crippen LogP contribution in [0.5, 0.6) is 0 Å². The molecule has 0 aliphatic carbocycles. The largest absolute Gasteiger partial charge is 0.338 e. The van der Waals surface area contributed by atoms with Gasteiger partial charge in [0, 0.05) is 13.1 Å². The van der Waals surface area contributed by atoms with Crippen LogP contribution in [0.4, 0.5) is 4.39 Å². The summed E-state index contributed by atoms with van der Waals surface area (Å²) in [5.74, 6) is 0.300. The third kappa shape index (κ3) is 3.91. The van der Waals surface area contributed by atoms with Crippen molar-refractivity contribution in [2.45, 2.75) is 26.8 Å². The number of H-pyrrole nitrogens is 1. The molecule has 4 nitrogen and oxygen atoms in total. The first kappa shape index (κ1) is 15.7. The molecule has 0 aliphatic heterocycles. The van der Waals surface area contributed by atoms with Crippen molar-refractivity contribution in [1.82, 2.24) is 14.9 Å². The molecule has 6 heteroatoms. The van der Waals surface area contributed by atoms with Crippen molar-refractivity contribution in [3.63, 3.8) is 0 Å². The number of nitrogens with zero attached hydrogens (tertiary/aromatic N) is 2. The summed E-state index contributed by atoms with van der Waals surface area (Å²) < 4.78 is 13.7. The lowest BCUT2D eigenvalue weighted by Gasteiger charge is -2.21. The van der Waals surface area contributed by atoms with Gasteiger partial charge in [-0.2, -0.15) is 0 Å². The van der Waals surface area contributed by atoms with Crippen molar-refractivity contribution >= 4 is 21.8 Å². The van der Waals surface area contributed by atoms with Crippen molar-refractivity contribution in [2.24, 2.45) is 0 Å². The van der Waals surface area contributed by atoms with E-state index in [0.29, 0.717) is 29.1 Å². The van der Waals surface area contributed by atoms with Gasteiger partial charge in [-0.15, -0.1) is 0 Å². The Hall–Kier alpha value is -1.69. The van der Waals surface area contributed by atoms with Crippen LogP contribution in [0.25, 0.3) is 0 Å². The molecule has 0 saturated heterocycles. The molecule has 1 amide bonds. The number of benzene rings is 1. The Bertz CT molecular complexity index is 642. The Morgan fingerprint density at radius 2 is 2.24 bits per heavy atom. The van der Waals surface area contributed by atoms with Crippen molar-refractivity contribution in [3.8, 4) is 0 Å². The van der Waals surface area contributed by atoms with Crippen molar-refractivity contribution < 1.29 is 9.18 Å². The summed E-state index contributed by atoms with van der Waals surface area (Å²) in [6.45, 7) is 4.88. The van der Waals surface area contributed by atoms with Crippen molar-refractivity contribution in [3.05, 3.63) is 51.8 Å². The Kier molecular flexibility index (Phi) is 5.12. The molecule has 0 unspecified atom stereocenters. The van der Waals surface area contributed by atoms with Gasteiger partial charge >= 0.3 is 0 Å². The number of hydrogen-bond donors (Lipinski definition) is 1. The average molecular weight is 354 g/mol. The third-order valence-electron chi connectivity index (χ3n) is 3.07. The first-order valence-electron chi connectivity index (χ1n) is 6.76. The van der Waals surface area contributed by atoms with Gasteiger partial charge in [0.2, 0.25) is 0 Å². The summed E-state index contributed by atoms with van der Waals surface area (Å²) in [5, 5.41) is 0. The van der Waals surface area contributed by atoms with Crippen LogP contribution in [0.15, 0.2) is 28.9 Å². The van der Waals surface area contributed by atoms with Crippen LogP contribution in [0, 0.1) is 12.7 Å². The molecule has 0 atom stereocenters. The second-order valence-corrected chi connectivity index (χ2v) is 5.71. The third-order valence-corrected chi connectivity index (χ3v) is 3.68. The molecule has 1 N–H and O–H groups in total. The van der Waals surface area contributed by atoms with E-state index in [0.717, 1.165) is 12.0 Å². The summed E-state index contributed by atoms with van der Waals surface area (Å²) in [5.41, 5.74) is 1.35. The molecule has 21 heavy (non-hydrogen) atoms. The number of halogens is 2. The quantitative estimate of drug-likeness (QED) is 0.891. The first-order chi connectivity index (χ1) is 10.0. The molecule has 112 valence electrons. The van der Waals surface area contributed by atoms with Crippen LogP contribution in [0.2, 0.25) is 0 Å². The number of rotatable bonds is 5. The molecule has 0 bridgehead atoms. The second-order valence-electron chi connectivity index (χ2n) is 4.86. The monoisotopic (exact) mass is 353 g/mol. The molecule has 0 radical (unpaired) electrons. The first-order valence-corrected chi connectivity index (χ1v) is 7.55. The van der Waals surface area contributed by atoms with Gasteiger partial charge in [0.1, 0.15) is 17.3 Å². The van der Waals surface area contributed by atoms with E-state index < -0.39 is 0 Å². The van der Waals surface area contributed by atoms with Gasteiger partial charge in [0.15, 0.2) is 0 Å². The minimum absolute atomic E-state index is 0.0992. The molecule has 2 aromatic rings. The van der Waals surface area contributed by atoms with E-state index in [1.165, 1.54) is 6.07 Å². The lowest BCUT2D eigenvalue weighted by molar-refractivity contribution is 0.0737. The number of amides is 1. The number of aryl methyl sites for hydroxylation is 1. The van der Waals surface area contributed by atoms with E-state index in [1.54, 1.807) is 30.2 Å². The fourth-order valence-corrected chi connectivity index (χ4v) is 2.51. The molecule has 1 aromatic heterocycles. The van der Waals surface area contributed by atoms with E-state index in [1.807, 2.05) is 6.92 Å². The maximum atomic E-state index is 13.3. The molecule has 1 heterocycles. The molecule has 1 aromatic carbocycles. The molecular weight excluding hydrogens is 337 g/mol. The molecule has 0 saturated carbocycles. The van der Waals surface area contributed by atoms with Gasteiger partial charge in [-0.1, -0.05) is 13.0 Å². The van der Waals surface area contributed by atoms with Gasteiger partial charge in [0.25, 0.3) is 5.91 Å². The smallest absolute Gasteiger partial charge is 0.272 e. The number of aromatic amines is 1. The molecule has 0 spiro atoms. The lowest BCUT2D eigenvalue weighted by atomic mass is 10.2. The Balaban J connectivity index is 2.18. The predicted molar refractivity (Wildman–Crippen MR) is 82.5 cm³/mol. The maximum Gasteiger partial charge on any atom is 0.272 e. The topological polar surface area (TPSA) is 49.0 Å². The SMILES string of the molecule is CCCN(Cc1ccc(F)c(Br)c1)C(=O)c1cnc(C)[nH]1. The van der Waals surface area contributed by atoms with Crippen LogP contribution < -0.4 is 0 Å². The molecule has 2 rings (SSSR count). The van der Waals surface area contributed by atoms with Gasteiger partial charge in [-0.3, -0.25) is 4.79 Å². The van der Waals surface area contributed by atoms with Gasteiger partial charge in [-0.05, 0) is 47.0 Å². The summed E-state index contributed by atoms with van der Waals surface area (Å²) in [7, 11) is 0. The number of imidazole rings is 1. The summed E-state index contributed by atoms with van der Waals surface area (Å²) in [6.07, 6.45) is 2.39. The van der Waals surface area contributed by atoms with E-state index in [4.69, 9.17) is 0 Å². The maximum absolute atomic E-state index is 13.3. The van der Waals surface area contributed by atoms with Crippen molar-refractivity contribution in [1.29, 1.82) is 0 Å². The molecule has 0 aliphatic rings. The van der Waals surface area contributed by atoms with Crippen LogP contribution in [-0.4, -0.2) is 27.3 Å². The highest BCUT2D eigenvalue weighted by Crippen LogP contribution is 2.18. The molecular formula is C15H17BrFN3O. The van der Waals surface area contributed by atoms with E-state index in [-0.39, 0.29) is 11.7 Å². The molecule has 0 fully saturated rings.